The van der Waals surface area contributed by atoms with Crippen LogP contribution in [0.4, 0.5) is 0 Å². The van der Waals surface area contributed by atoms with Crippen molar-refractivity contribution in [3.63, 3.8) is 0 Å². The van der Waals surface area contributed by atoms with Gasteiger partial charge < -0.3 is 20.7 Å². The number of nitrogen functional groups attached to an aromatic ring is 1. The largest absolute Gasteiger partial charge is 0.481 e. The van der Waals surface area contributed by atoms with Crippen LogP contribution in [0.25, 0.3) is 11.0 Å². The highest BCUT2D eigenvalue weighted by Crippen LogP contribution is 2.46. The number of aromatic nitrogens is 2. The van der Waals surface area contributed by atoms with Crippen molar-refractivity contribution >= 4 is 40.1 Å². The third kappa shape index (κ3) is 4.41. The van der Waals surface area contributed by atoms with Gasteiger partial charge in [0.15, 0.2) is 0 Å². The van der Waals surface area contributed by atoms with Gasteiger partial charge in [-0.05, 0) is 61.4 Å². The summed E-state index contributed by atoms with van der Waals surface area (Å²) in [6.07, 6.45) is 5.25. The fourth-order valence-corrected chi connectivity index (χ4v) is 6.20. The molecular weight excluding hydrogens is 478 g/mol. The van der Waals surface area contributed by atoms with Crippen LogP contribution in [0.5, 0.6) is 0 Å². The van der Waals surface area contributed by atoms with Gasteiger partial charge in [0.1, 0.15) is 17.4 Å². The molecule has 0 radical (unpaired) electrons. The van der Waals surface area contributed by atoms with Gasteiger partial charge in [-0.2, -0.15) is 0 Å². The quantitative estimate of drug-likeness (QED) is 0.209. The van der Waals surface area contributed by atoms with E-state index in [4.69, 9.17) is 11.1 Å². The minimum atomic E-state index is -1.06. The second-order valence-corrected chi connectivity index (χ2v) is 11.1. The zero-order chi connectivity index (χ0) is 25.6. The van der Waals surface area contributed by atoms with E-state index in [9.17, 15) is 19.5 Å². The minimum absolute atomic E-state index is 0.00916. The van der Waals surface area contributed by atoms with Crippen LogP contribution in [0.1, 0.15) is 59.5 Å². The van der Waals surface area contributed by atoms with Gasteiger partial charge in [0.2, 0.25) is 5.91 Å². The molecule has 2 aliphatic carbocycles. The van der Waals surface area contributed by atoms with Gasteiger partial charge in [0.05, 0.1) is 21.4 Å². The fourth-order valence-electron chi connectivity index (χ4n) is 5.33. The first-order valence-electron chi connectivity index (χ1n) is 12.2. The minimum Gasteiger partial charge on any atom is -0.481 e. The standard InChI is InChI=1S/C26H29N5O4S/c1-31-19-8-6-15(26(10-11-26)30-23(32)21(25(34)35)14-4-2-3-5-14)12-17(19)29-18(24(31)33)13-16-7-9-20(36-16)22(27)28/h6-9,12,14,21H,2-5,10-11,13H2,1H3,(H3,27,28)(H,30,32)(H,34,35). The van der Waals surface area contributed by atoms with E-state index in [1.54, 1.807) is 17.7 Å². The molecule has 3 aromatic rings. The lowest BCUT2D eigenvalue weighted by atomic mass is 9.89. The monoisotopic (exact) mass is 507 g/mol. The van der Waals surface area contributed by atoms with Gasteiger partial charge in [0.25, 0.3) is 5.56 Å². The third-order valence-electron chi connectivity index (χ3n) is 7.50. The molecule has 36 heavy (non-hydrogen) atoms. The van der Waals surface area contributed by atoms with Gasteiger partial charge in [-0.1, -0.05) is 18.9 Å². The van der Waals surface area contributed by atoms with Gasteiger partial charge in [-0.3, -0.25) is 19.8 Å². The molecule has 0 aliphatic heterocycles. The van der Waals surface area contributed by atoms with Crippen molar-refractivity contribution in [2.24, 2.45) is 24.6 Å². The first kappa shape index (κ1) is 24.2. The molecule has 2 aromatic heterocycles. The van der Waals surface area contributed by atoms with Crippen LogP contribution in [-0.2, 0) is 28.6 Å². The number of carboxylic acid groups (broad SMARTS) is 1. The molecule has 9 nitrogen and oxygen atoms in total. The summed E-state index contributed by atoms with van der Waals surface area (Å²) in [5.41, 5.74) is 7.35. The molecule has 10 heteroatoms. The zero-order valence-electron chi connectivity index (χ0n) is 20.0. The number of nitrogens with two attached hydrogens (primary N) is 1. The molecule has 2 fully saturated rings. The molecule has 0 saturated heterocycles. The number of carbonyl (C=O) groups is 2. The highest BCUT2D eigenvalue weighted by atomic mass is 32.1. The predicted octanol–water partition coefficient (Wildman–Crippen LogP) is 2.87. The Balaban J connectivity index is 1.44. The summed E-state index contributed by atoms with van der Waals surface area (Å²) >= 11 is 1.36. The van der Waals surface area contributed by atoms with Crippen molar-refractivity contribution < 1.29 is 14.7 Å². The molecule has 5 N–H and O–H groups in total. The fraction of sp³-hybridized carbons (Fsp3) is 0.423. The maximum Gasteiger partial charge on any atom is 0.316 e. The van der Waals surface area contributed by atoms with Crippen molar-refractivity contribution in [1.29, 1.82) is 5.41 Å². The summed E-state index contributed by atoms with van der Waals surface area (Å²) in [6, 6.07) is 9.23. The van der Waals surface area contributed by atoms with Crippen molar-refractivity contribution in [2.45, 2.75) is 50.5 Å². The van der Waals surface area contributed by atoms with Crippen LogP contribution in [0.2, 0.25) is 0 Å². The first-order valence-corrected chi connectivity index (χ1v) is 13.0. The number of carboxylic acids is 1. The number of amides is 1. The lowest BCUT2D eigenvalue weighted by Gasteiger charge is -2.24. The van der Waals surface area contributed by atoms with E-state index in [0.717, 1.165) is 49.0 Å². The molecule has 5 rings (SSSR count). The second kappa shape index (κ2) is 9.16. The van der Waals surface area contributed by atoms with Crippen LogP contribution in [0.3, 0.4) is 0 Å². The molecule has 1 aromatic carbocycles. The van der Waals surface area contributed by atoms with E-state index in [2.05, 4.69) is 10.3 Å². The Morgan fingerprint density at radius 1 is 1.28 bits per heavy atom. The van der Waals surface area contributed by atoms with Crippen LogP contribution in [-0.4, -0.2) is 32.4 Å². The van der Waals surface area contributed by atoms with Gasteiger partial charge >= 0.3 is 5.97 Å². The number of hydrogen-bond acceptors (Lipinski definition) is 6. The molecule has 2 saturated carbocycles. The van der Waals surface area contributed by atoms with Crippen molar-refractivity contribution in [3.8, 4) is 0 Å². The molecule has 1 unspecified atom stereocenters. The second-order valence-electron chi connectivity index (χ2n) is 9.91. The number of rotatable bonds is 8. The zero-order valence-corrected chi connectivity index (χ0v) is 20.9. The first-order chi connectivity index (χ1) is 17.2. The van der Waals surface area contributed by atoms with E-state index in [1.165, 1.54) is 11.3 Å². The SMILES string of the molecule is Cn1c(=O)c(Cc2ccc(C(=N)N)s2)nc2cc(C3(NC(=O)C(C(=O)O)C4CCCC4)CC3)ccc21. The molecular formula is C26H29N5O4S. The highest BCUT2D eigenvalue weighted by Gasteiger charge is 2.48. The molecule has 0 spiro atoms. The Hall–Kier alpha value is -3.53. The predicted molar refractivity (Wildman–Crippen MR) is 137 cm³/mol. The summed E-state index contributed by atoms with van der Waals surface area (Å²) in [5, 5.41) is 20.4. The van der Waals surface area contributed by atoms with Crippen molar-refractivity contribution in [2.75, 3.05) is 0 Å². The average molecular weight is 508 g/mol. The number of benzene rings is 1. The molecule has 2 aliphatic rings. The van der Waals surface area contributed by atoms with Crippen LogP contribution in [0, 0.1) is 17.2 Å². The van der Waals surface area contributed by atoms with Crippen LogP contribution in [0.15, 0.2) is 35.1 Å². The summed E-state index contributed by atoms with van der Waals surface area (Å²) in [4.78, 5) is 44.2. The number of hydrogen-bond donors (Lipinski definition) is 4. The Labute approximate surface area is 211 Å². The maximum absolute atomic E-state index is 13.1. The summed E-state index contributed by atoms with van der Waals surface area (Å²) in [6.45, 7) is 0. The average Bonchev–Trinajstić information content (AvgIpc) is 3.20. The van der Waals surface area contributed by atoms with Gasteiger partial charge in [0, 0.05) is 18.3 Å². The van der Waals surface area contributed by atoms with E-state index in [-0.39, 0.29) is 17.3 Å². The lowest BCUT2D eigenvalue weighted by Crippen LogP contribution is -2.44. The number of aryl methyl sites for hydroxylation is 1. The number of aliphatic carboxylic acids is 1. The normalized spacial score (nSPS) is 17.7. The number of amidine groups is 1. The Kier molecular flexibility index (Phi) is 6.15. The summed E-state index contributed by atoms with van der Waals surface area (Å²) in [7, 11) is 1.71. The Bertz CT molecular complexity index is 1430. The smallest absolute Gasteiger partial charge is 0.316 e. The molecule has 1 atom stereocenters. The van der Waals surface area contributed by atoms with Crippen molar-refractivity contribution in [3.05, 3.63) is 61.7 Å². The molecule has 1 amide bonds. The summed E-state index contributed by atoms with van der Waals surface area (Å²) < 4.78 is 1.57. The van der Waals surface area contributed by atoms with Crippen LogP contribution >= 0.6 is 11.3 Å². The third-order valence-corrected chi connectivity index (χ3v) is 8.62. The van der Waals surface area contributed by atoms with Gasteiger partial charge in [-0.15, -0.1) is 11.3 Å². The molecule has 188 valence electrons. The number of nitrogens with zero attached hydrogens (tertiary/aromatic N) is 2. The number of carbonyl (C=O) groups excluding carboxylic acids is 1. The topological polar surface area (TPSA) is 151 Å². The number of nitrogens with one attached hydrogen (secondary N) is 2. The Morgan fingerprint density at radius 3 is 2.61 bits per heavy atom. The van der Waals surface area contributed by atoms with Gasteiger partial charge in [-0.25, -0.2) is 4.98 Å². The maximum atomic E-state index is 13.1. The number of thiophene rings is 1. The lowest BCUT2D eigenvalue weighted by molar-refractivity contribution is -0.149. The van der Waals surface area contributed by atoms with E-state index < -0.39 is 23.3 Å². The van der Waals surface area contributed by atoms with Crippen molar-refractivity contribution in [1.82, 2.24) is 14.9 Å². The number of fused-ring (bicyclic) bond motifs is 1. The van der Waals surface area contributed by atoms with E-state index >= 15 is 0 Å². The van der Waals surface area contributed by atoms with E-state index in [0.29, 0.717) is 28.0 Å². The molecule has 2 heterocycles. The summed E-state index contributed by atoms with van der Waals surface area (Å²) in [5.74, 6) is -2.63. The molecule has 0 bridgehead atoms. The van der Waals surface area contributed by atoms with Crippen LogP contribution < -0.4 is 16.6 Å². The highest BCUT2D eigenvalue weighted by molar-refractivity contribution is 7.14. The Morgan fingerprint density at radius 2 is 2.00 bits per heavy atom. The van der Waals surface area contributed by atoms with E-state index in [1.807, 2.05) is 24.3 Å².